The highest BCUT2D eigenvalue weighted by Gasteiger charge is 2.15. The van der Waals surface area contributed by atoms with Gasteiger partial charge in [0.05, 0.1) is 22.1 Å². The minimum absolute atomic E-state index is 0.0537. The minimum Gasteiger partial charge on any atom is -0.494 e. The molecule has 7 nitrogen and oxygen atoms in total. The number of ether oxygens (including phenoxy) is 1. The summed E-state index contributed by atoms with van der Waals surface area (Å²) in [5.74, 6) is 0.204. The third-order valence-electron chi connectivity index (χ3n) is 4.19. The third kappa shape index (κ3) is 6.19. The minimum atomic E-state index is -3.78. The molecular formula is C22H20ClN3O4S2. The molecule has 0 aliphatic rings. The molecule has 0 unspecified atom stereocenters. The van der Waals surface area contributed by atoms with E-state index in [1.807, 2.05) is 6.92 Å². The Kier molecular flexibility index (Phi) is 7.68. The highest BCUT2D eigenvalue weighted by atomic mass is 35.5. The Morgan fingerprint density at radius 3 is 2.22 bits per heavy atom. The second kappa shape index (κ2) is 10.4. The second-order valence-electron chi connectivity index (χ2n) is 6.48. The van der Waals surface area contributed by atoms with E-state index >= 15 is 0 Å². The van der Waals surface area contributed by atoms with Gasteiger partial charge in [-0.25, -0.2) is 8.42 Å². The highest BCUT2D eigenvalue weighted by molar-refractivity contribution is 7.92. The van der Waals surface area contributed by atoms with Gasteiger partial charge in [-0.3, -0.25) is 14.8 Å². The van der Waals surface area contributed by atoms with Crippen molar-refractivity contribution in [3.05, 3.63) is 83.4 Å². The van der Waals surface area contributed by atoms with Gasteiger partial charge in [-0.2, -0.15) is 0 Å². The fourth-order valence-electron chi connectivity index (χ4n) is 2.70. The van der Waals surface area contributed by atoms with E-state index in [1.54, 1.807) is 60.7 Å². The molecule has 0 aromatic heterocycles. The number of sulfonamides is 1. The van der Waals surface area contributed by atoms with Crippen LogP contribution in [0.3, 0.4) is 0 Å². The van der Waals surface area contributed by atoms with Gasteiger partial charge in [0.25, 0.3) is 15.9 Å². The van der Waals surface area contributed by atoms with E-state index in [4.69, 9.17) is 28.6 Å². The Morgan fingerprint density at radius 1 is 0.969 bits per heavy atom. The summed E-state index contributed by atoms with van der Waals surface area (Å²) in [7, 11) is -3.78. The van der Waals surface area contributed by atoms with Crippen LogP contribution in [0, 0.1) is 0 Å². The van der Waals surface area contributed by atoms with Crippen molar-refractivity contribution in [2.45, 2.75) is 11.8 Å². The first kappa shape index (κ1) is 23.5. The Hall–Kier alpha value is -3.14. The fourth-order valence-corrected chi connectivity index (χ4v) is 4.19. The Labute approximate surface area is 196 Å². The van der Waals surface area contributed by atoms with Crippen LogP contribution in [0.2, 0.25) is 5.02 Å². The molecule has 0 spiro atoms. The standard InChI is InChI=1S/C22H20ClN3O4S2/c1-2-30-17-11-7-16(8-12-17)26-32(28,29)18-13-9-15(10-14-18)24-22(31)25-21(27)19-5-3-4-6-20(19)23/h3-14,26H,2H2,1H3,(H2,24,25,27,31). The zero-order chi connectivity index (χ0) is 23.1. The number of nitrogens with one attached hydrogen (secondary N) is 3. The number of halogens is 1. The molecular weight excluding hydrogens is 470 g/mol. The van der Waals surface area contributed by atoms with Gasteiger partial charge in [0, 0.05) is 11.4 Å². The van der Waals surface area contributed by atoms with Crippen molar-refractivity contribution in [3.8, 4) is 5.75 Å². The number of hydrogen-bond donors (Lipinski definition) is 3. The summed E-state index contributed by atoms with van der Waals surface area (Å²) in [5.41, 5.74) is 1.22. The molecule has 0 saturated carbocycles. The van der Waals surface area contributed by atoms with Crippen molar-refractivity contribution in [1.29, 1.82) is 0 Å². The second-order valence-corrected chi connectivity index (χ2v) is 8.97. The monoisotopic (exact) mass is 489 g/mol. The molecule has 1 amide bonds. The molecule has 0 fully saturated rings. The maximum Gasteiger partial charge on any atom is 0.261 e. The molecule has 3 rings (SSSR count). The largest absolute Gasteiger partial charge is 0.494 e. The molecule has 0 heterocycles. The van der Waals surface area contributed by atoms with Gasteiger partial charge in [0.2, 0.25) is 0 Å². The number of hydrogen-bond acceptors (Lipinski definition) is 5. The first-order chi connectivity index (χ1) is 15.3. The quantitative estimate of drug-likeness (QED) is 0.417. The molecule has 0 aliphatic carbocycles. The Balaban J connectivity index is 1.61. The lowest BCUT2D eigenvalue weighted by molar-refractivity contribution is 0.0978. The van der Waals surface area contributed by atoms with Crippen molar-refractivity contribution in [1.82, 2.24) is 5.32 Å². The average molecular weight is 490 g/mol. The molecule has 3 N–H and O–H groups in total. The summed E-state index contributed by atoms with van der Waals surface area (Å²) >= 11 is 11.2. The molecule has 0 saturated heterocycles. The molecule has 0 bridgehead atoms. The maximum atomic E-state index is 12.6. The van der Waals surface area contributed by atoms with Gasteiger partial charge in [-0.1, -0.05) is 23.7 Å². The zero-order valence-electron chi connectivity index (χ0n) is 17.0. The highest BCUT2D eigenvalue weighted by Crippen LogP contribution is 2.21. The lowest BCUT2D eigenvalue weighted by atomic mass is 10.2. The van der Waals surface area contributed by atoms with Crippen molar-refractivity contribution in [3.63, 3.8) is 0 Å². The summed E-state index contributed by atoms with van der Waals surface area (Å²) in [6.07, 6.45) is 0. The summed E-state index contributed by atoms with van der Waals surface area (Å²) in [5, 5.41) is 5.73. The van der Waals surface area contributed by atoms with Crippen molar-refractivity contribution in [2.24, 2.45) is 0 Å². The van der Waals surface area contributed by atoms with E-state index in [1.165, 1.54) is 12.1 Å². The molecule has 0 radical (unpaired) electrons. The molecule has 32 heavy (non-hydrogen) atoms. The van der Waals surface area contributed by atoms with Crippen molar-refractivity contribution < 1.29 is 17.9 Å². The van der Waals surface area contributed by atoms with Crippen molar-refractivity contribution >= 4 is 56.2 Å². The van der Waals surface area contributed by atoms with Crippen LogP contribution < -0.4 is 20.1 Å². The molecule has 10 heteroatoms. The Bertz CT molecular complexity index is 1210. The average Bonchev–Trinajstić information content (AvgIpc) is 2.75. The molecule has 0 aliphatic heterocycles. The topological polar surface area (TPSA) is 96.5 Å². The molecule has 0 atom stereocenters. The zero-order valence-corrected chi connectivity index (χ0v) is 19.4. The normalized spacial score (nSPS) is 10.8. The van der Waals surface area contributed by atoms with Crippen LogP contribution in [0.25, 0.3) is 0 Å². The number of benzene rings is 3. The number of rotatable bonds is 7. The van der Waals surface area contributed by atoms with Gasteiger partial charge in [0.1, 0.15) is 5.75 Å². The van der Waals surface area contributed by atoms with Crippen LogP contribution in [-0.2, 0) is 10.0 Å². The smallest absolute Gasteiger partial charge is 0.261 e. The number of carbonyl (C=O) groups is 1. The predicted octanol–water partition coefficient (Wildman–Crippen LogP) is 4.67. The Morgan fingerprint density at radius 2 is 1.59 bits per heavy atom. The molecule has 166 valence electrons. The summed E-state index contributed by atoms with van der Waals surface area (Å²) in [6, 6.07) is 19.2. The molecule has 3 aromatic carbocycles. The summed E-state index contributed by atoms with van der Waals surface area (Å²) in [6.45, 7) is 2.40. The van der Waals surface area contributed by atoms with Crippen molar-refractivity contribution in [2.75, 3.05) is 16.6 Å². The van der Waals surface area contributed by atoms with Gasteiger partial charge < -0.3 is 10.1 Å². The summed E-state index contributed by atoms with van der Waals surface area (Å²) in [4.78, 5) is 12.3. The number of thiocarbonyl (C=S) groups is 1. The van der Waals surface area contributed by atoms with Crippen LogP contribution >= 0.6 is 23.8 Å². The van der Waals surface area contributed by atoms with E-state index in [0.717, 1.165) is 0 Å². The fraction of sp³-hybridized carbons (Fsp3) is 0.0909. The van der Waals surface area contributed by atoms with Crippen LogP contribution in [0.5, 0.6) is 5.75 Å². The number of carbonyl (C=O) groups excluding carboxylic acids is 1. The van der Waals surface area contributed by atoms with Crippen LogP contribution in [0.15, 0.2) is 77.7 Å². The van der Waals surface area contributed by atoms with Crippen LogP contribution in [0.1, 0.15) is 17.3 Å². The van der Waals surface area contributed by atoms with E-state index in [-0.39, 0.29) is 10.0 Å². The summed E-state index contributed by atoms with van der Waals surface area (Å²) < 4.78 is 33.1. The van der Waals surface area contributed by atoms with Gasteiger partial charge >= 0.3 is 0 Å². The predicted molar refractivity (Wildman–Crippen MR) is 130 cm³/mol. The maximum absolute atomic E-state index is 12.6. The van der Waals surface area contributed by atoms with Gasteiger partial charge in [-0.15, -0.1) is 0 Å². The lowest BCUT2D eigenvalue weighted by Crippen LogP contribution is -2.34. The number of amides is 1. The number of anilines is 2. The van der Waals surface area contributed by atoms with E-state index < -0.39 is 15.9 Å². The first-order valence-corrected chi connectivity index (χ1v) is 11.8. The molecule has 3 aromatic rings. The van der Waals surface area contributed by atoms with Crippen LogP contribution in [-0.4, -0.2) is 26.0 Å². The van der Waals surface area contributed by atoms with Gasteiger partial charge in [0.15, 0.2) is 5.11 Å². The first-order valence-electron chi connectivity index (χ1n) is 9.51. The lowest BCUT2D eigenvalue weighted by Gasteiger charge is -2.12. The SMILES string of the molecule is CCOc1ccc(NS(=O)(=O)c2ccc(NC(=S)NC(=O)c3ccccc3Cl)cc2)cc1. The van der Waals surface area contributed by atoms with E-state index in [9.17, 15) is 13.2 Å². The van der Waals surface area contributed by atoms with Gasteiger partial charge in [-0.05, 0) is 79.8 Å². The van der Waals surface area contributed by atoms with E-state index in [2.05, 4.69) is 15.4 Å². The van der Waals surface area contributed by atoms with Crippen LogP contribution in [0.4, 0.5) is 11.4 Å². The van der Waals surface area contributed by atoms with E-state index in [0.29, 0.717) is 34.3 Å². The third-order valence-corrected chi connectivity index (χ3v) is 6.12.